The lowest BCUT2D eigenvalue weighted by Gasteiger charge is -2.04. The number of nitrogens with zero attached hydrogens (tertiary/aromatic N) is 6. The molecule has 0 aliphatic rings. The first kappa shape index (κ1) is 12.1. The van der Waals surface area contributed by atoms with Crippen molar-refractivity contribution in [3.8, 4) is 0 Å². The summed E-state index contributed by atoms with van der Waals surface area (Å²) in [6.45, 7) is 14.4. The van der Waals surface area contributed by atoms with Crippen LogP contribution in [0.5, 0.6) is 0 Å². The average Bonchev–Trinajstić information content (AvgIpc) is 2.60. The smallest absolute Gasteiger partial charge is 0.294 e. The van der Waals surface area contributed by atoms with Crippen LogP contribution in [-0.2, 0) is 0 Å². The zero-order valence-corrected chi connectivity index (χ0v) is 11.1. The third-order valence-corrected chi connectivity index (χ3v) is 3.42. The molecular weight excluding hydrogens is 276 g/mol. The standard InChI is InChI=1S/C16H6N6/c1-17-15-16(18-2)22-14-10-6-4-8-20-12(10)11-9(13(14)21-15)5-3-7-19-11/h3-8H. The number of pyridine rings is 2. The summed E-state index contributed by atoms with van der Waals surface area (Å²) >= 11 is 0. The van der Waals surface area contributed by atoms with Gasteiger partial charge in [-0.3, -0.25) is 9.97 Å². The molecule has 1 aromatic carbocycles. The first-order valence-corrected chi connectivity index (χ1v) is 6.41. The van der Waals surface area contributed by atoms with Crippen molar-refractivity contribution in [3.05, 3.63) is 59.5 Å². The molecule has 6 nitrogen and oxygen atoms in total. The van der Waals surface area contributed by atoms with E-state index in [-0.39, 0.29) is 11.6 Å². The van der Waals surface area contributed by atoms with Gasteiger partial charge in [0, 0.05) is 12.4 Å². The quantitative estimate of drug-likeness (QED) is 0.363. The summed E-state index contributed by atoms with van der Waals surface area (Å²) in [5, 5.41) is 1.55. The molecule has 6 heteroatoms. The van der Waals surface area contributed by atoms with Gasteiger partial charge < -0.3 is 9.69 Å². The molecule has 0 amide bonds. The van der Waals surface area contributed by atoms with Crippen molar-refractivity contribution in [2.45, 2.75) is 0 Å². The van der Waals surface area contributed by atoms with E-state index in [0.29, 0.717) is 22.1 Å². The topological polar surface area (TPSA) is 60.3 Å². The van der Waals surface area contributed by atoms with Gasteiger partial charge in [-0.1, -0.05) is 13.1 Å². The summed E-state index contributed by atoms with van der Waals surface area (Å²) in [6.07, 6.45) is 3.39. The molecule has 3 heterocycles. The molecule has 4 rings (SSSR count). The van der Waals surface area contributed by atoms with E-state index in [9.17, 15) is 0 Å². The number of benzene rings is 1. The monoisotopic (exact) mass is 282 g/mol. The first-order valence-electron chi connectivity index (χ1n) is 6.41. The van der Waals surface area contributed by atoms with Gasteiger partial charge in [-0.2, -0.15) is 0 Å². The molecule has 0 atom stereocenters. The minimum atomic E-state index is 0.0101. The van der Waals surface area contributed by atoms with Crippen LogP contribution >= 0.6 is 0 Å². The van der Waals surface area contributed by atoms with Crippen LogP contribution in [0.3, 0.4) is 0 Å². The van der Waals surface area contributed by atoms with Crippen molar-refractivity contribution in [2.75, 3.05) is 0 Å². The third kappa shape index (κ3) is 1.52. The number of fused-ring (bicyclic) bond motifs is 6. The van der Waals surface area contributed by atoms with Gasteiger partial charge >= 0.3 is 0 Å². The molecule has 0 aliphatic heterocycles. The van der Waals surface area contributed by atoms with Crippen LogP contribution in [0.15, 0.2) is 36.7 Å². The number of rotatable bonds is 0. The van der Waals surface area contributed by atoms with E-state index < -0.39 is 0 Å². The molecule has 0 saturated heterocycles. The lowest BCUT2D eigenvalue weighted by atomic mass is 10.1. The van der Waals surface area contributed by atoms with Crippen molar-refractivity contribution in [2.24, 2.45) is 0 Å². The van der Waals surface area contributed by atoms with Crippen molar-refractivity contribution in [1.82, 2.24) is 19.9 Å². The fraction of sp³-hybridized carbons (Fsp3) is 0. The van der Waals surface area contributed by atoms with Crippen LogP contribution in [0.4, 0.5) is 11.6 Å². The van der Waals surface area contributed by atoms with Gasteiger partial charge in [-0.25, -0.2) is 0 Å². The molecule has 0 aliphatic carbocycles. The van der Waals surface area contributed by atoms with Gasteiger partial charge in [0.25, 0.3) is 11.6 Å². The Morgan fingerprint density at radius 1 is 0.682 bits per heavy atom. The van der Waals surface area contributed by atoms with Crippen LogP contribution in [-0.4, -0.2) is 19.9 Å². The summed E-state index contributed by atoms with van der Waals surface area (Å²) in [5.74, 6) is 0.0202. The van der Waals surface area contributed by atoms with Gasteiger partial charge in [-0.05, 0) is 24.3 Å². The molecule has 0 unspecified atom stereocenters. The molecule has 100 valence electrons. The Morgan fingerprint density at radius 3 is 1.55 bits per heavy atom. The minimum absolute atomic E-state index is 0.0101. The van der Waals surface area contributed by atoms with Gasteiger partial charge in [0.05, 0.1) is 10.8 Å². The Bertz CT molecular complexity index is 1060. The normalized spacial score (nSPS) is 10.6. The van der Waals surface area contributed by atoms with Gasteiger partial charge in [0.1, 0.15) is 11.0 Å². The minimum Gasteiger partial charge on any atom is -0.370 e. The fourth-order valence-electron chi connectivity index (χ4n) is 2.51. The van der Waals surface area contributed by atoms with E-state index in [1.807, 2.05) is 12.1 Å². The number of hydrogen-bond donors (Lipinski definition) is 0. The van der Waals surface area contributed by atoms with Crippen LogP contribution < -0.4 is 0 Å². The summed E-state index contributed by atoms with van der Waals surface area (Å²) < 4.78 is 0. The predicted octanol–water partition coefficient (Wildman–Crippen LogP) is 3.83. The SMILES string of the molecule is [C-]#[N+]c1nc2c3cccnc3c3ncccc3c2nc1[N+]#[C-]. The zero-order valence-electron chi connectivity index (χ0n) is 11.1. The average molecular weight is 282 g/mol. The highest BCUT2D eigenvalue weighted by Crippen LogP contribution is 2.34. The highest BCUT2D eigenvalue weighted by atomic mass is 15.0. The molecule has 0 saturated carbocycles. The second kappa shape index (κ2) is 4.44. The van der Waals surface area contributed by atoms with Crippen LogP contribution in [0, 0.1) is 13.1 Å². The van der Waals surface area contributed by atoms with E-state index in [1.54, 1.807) is 24.5 Å². The van der Waals surface area contributed by atoms with Crippen molar-refractivity contribution in [1.29, 1.82) is 0 Å². The summed E-state index contributed by atoms with van der Waals surface area (Å²) in [4.78, 5) is 24.1. The van der Waals surface area contributed by atoms with Crippen molar-refractivity contribution in [3.63, 3.8) is 0 Å². The largest absolute Gasteiger partial charge is 0.370 e. The highest BCUT2D eigenvalue weighted by Gasteiger charge is 2.20. The number of aromatic nitrogens is 4. The Balaban J connectivity index is 2.39. The zero-order chi connectivity index (χ0) is 15.1. The molecular formula is C16H6N6. The molecule has 0 fully saturated rings. The molecule has 0 spiro atoms. The van der Waals surface area contributed by atoms with Gasteiger partial charge in [0.15, 0.2) is 0 Å². The molecule has 0 bridgehead atoms. The van der Waals surface area contributed by atoms with Crippen molar-refractivity contribution >= 4 is 44.5 Å². The van der Waals surface area contributed by atoms with Crippen LogP contribution in [0.1, 0.15) is 0 Å². The highest BCUT2D eigenvalue weighted by molar-refractivity contribution is 6.20. The Morgan fingerprint density at radius 2 is 1.14 bits per heavy atom. The van der Waals surface area contributed by atoms with Crippen molar-refractivity contribution < 1.29 is 0 Å². The predicted molar refractivity (Wildman–Crippen MR) is 82.7 cm³/mol. The molecule has 3 aromatic heterocycles. The maximum Gasteiger partial charge on any atom is 0.294 e. The maximum atomic E-state index is 7.19. The van der Waals surface area contributed by atoms with Gasteiger partial charge in [0.2, 0.25) is 11.0 Å². The van der Waals surface area contributed by atoms with E-state index >= 15 is 0 Å². The summed E-state index contributed by atoms with van der Waals surface area (Å²) in [6, 6.07) is 7.36. The second-order valence-corrected chi connectivity index (χ2v) is 4.59. The van der Waals surface area contributed by atoms with Gasteiger partial charge in [-0.15, -0.1) is 9.97 Å². The molecule has 0 radical (unpaired) electrons. The number of hydrogen-bond acceptors (Lipinski definition) is 4. The van der Waals surface area contributed by atoms with E-state index in [4.69, 9.17) is 13.1 Å². The summed E-state index contributed by atoms with van der Waals surface area (Å²) in [7, 11) is 0. The van der Waals surface area contributed by atoms with E-state index in [2.05, 4.69) is 29.6 Å². The van der Waals surface area contributed by atoms with Crippen LogP contribution in [0.2, 0.25) is 0 Å². The summed E-state index contributed by atoms with van der Waals surface area (Å²) in [5.41, 5.74) is 2.57. The molecule has 4 aromatic rings. The Kier molecular flexibility index (Phi) is 2.45. The lowest BCUT2D eigenvalue weighted by Crippen LogP contribution is -1.92. The maximum absolute atomic E-state index is 7.19. The van der Waals surface area contributed by atoms with E-state index in [1.165, 1.54) is 0 Å². The third-order valence-electron chi connectivity index (χ3n) is 3.42. The fourth-order valence-corrected chi connectivity index (χ4v) is 2.51. The lowest BCUT2D eigenvalue weighted by molar-refractivity contribution is 1.33. The van der Waals surface area contributed by atoms with Crippen LogP contribution in [0.25, 0.3) is 42.5 Å². The van der Waals surface area contributed by atoms with E-state index in [0.717, 1.165) is 10.8 Å². The first-order chi connectivity index (χ1) is 10.8. The Hall–Kier alpha value is -3.64. The molecule has 0 N–H and O–H groups in total. The molecule has 22 heavy (non-hydrogen) atoms. The Labute approximate surface area is 124 Å². The second-order valence-electron chi connectivity index (χ2n) is 4.59.